The molecule has 7 nitrogen and oxygen atoms in total. The smallest absolute Gasteiger partial charge is 0.228 e. The molecule has 3 rings (SSSR count). The van der Waals surface area contributed by atoms with E-state index in [4.69, 9.17) is 4.74 Å². The molecule has 0 N–H and O–H groups in total. The molecule has 1 amide bonds. The third-order valence-electron chi connectivity index (χ3n) is 4.47. The van der Waals surface area contributed by atoms with Crippen molar-refractivity contribution in [2.24, 2.45) is 5.92 Å². The zero-order chi connectivity index (χ0) is 17.6. The predicted octanol–water partition coefficient (Wildman–Crippen LogP) is 1.76. The molecule has 7 heteroatoms. The summed E-state index contributed by atoms with van der Waals surface area (Å²) in [5.41, 5.74) is 1.04. The largest absolute Gasteiger partial charge is 0.481 e. The number of hydrogen-bond donors (Lipinski definition) is 0. The van der Waals surface area contributed by atoms with Crippen molar-refractivity contribution in [3.8, 4) is 5.88 Å². The Morgan fingerprint density at radius 3 is 2.80 bits per heavy atom. The molecule has 0 aliphatic carbocycles. The molecule has 0 saturated carbocycles. The van der Waals surface area contributed by atoms with E-state index in [1.807, 2.05) is 19.2 Å². The van der Waals surface area contributed by atoms with Crippen LogP contribution in [0.3, 0.4) is 0 Å². The van der Waals surface area contributed by atoms with Crippen LogP contribution in [0, 0.1) is 5.92 Å². The van der Waals surface area contributed by atoms with E-state index in [9.17, 15) is 4.79 Å². The van der Waals surface area contributed by atoms with E-state index in [1.165, 1.54) is 0 Å². The van der Waals surface area contributed by atoms with Gasteiger partial charge in [0.15, 0.2) is 0 Å². The molecule has 0 radical (unpaired) electrons. The summed E-state index contributed by atoms with van der Waals surface area (Å²) in [5, 5.41) is 0. The lowest BCUT2D eigenvalue weighted by atomic mass is 9.95. The Morgan fingerprint density at radius 1 is 1.32 bits per heavy atom. The monoisotopic (exact) mass is 341 g/mol. The number of carbonyl (C=O) groups is 1. The Bertz CT molecular complexity index is 702. The molecule has 1 aliphatic rings. The molecular weight excluding hydrogens is 318 g/mol. The van der Waals surface area contributed by atoms with Crippen LogP contribution < -0.4 is 9.64 Å². The number of amides is 1. The summed E-state index contributed by atoms with van der Waals surface area (Å²) in [6, 6.07) is 5.60. The van der Waals surface area contributed by atoms with Crippen molar-refractivity contribution in [3.63, 3.8) is 0 Å². The fourth-order valence-corrected chi connectivity index (χ4v) is 3.08. The van der Waals surface area contributed by atoms with Gasteiger partial charge in [0.2, 0.25) is 17.7 Å². The molecule has 0 bridgehead atoms. The minimum Gasteiger partial charge on any atom is -0.481 e. The molecule has 1 saturated heterocycles. The second-order valence-electron chi connectivity index (χ2n) is 6.22. The lowest BCUT2D eigenvalue weighted by Crippen LogP contribution is -2.41. The van der Waals surface area contributed by atoms with Crippen LogP contribution in [-0.2, 0) is 11.3 Å². The molecule has 132 valence electrons. The van der Waals surface area contributed by atoms with Gasteiger partial charge in [-0.2, -0.15) is 4.98 Å². The fourth-order valence-electron chi connectivity index (χ4n) is 3.08. The normalized spacial score (nSPS) is 15.0. The number of rotatable bonds is 5. The standard InChI is InChI=1S/C18H23N5O2/c1-22(13-14-4-3-8-19-12-14)17(24)15-6-10-23(11-7-15)18-20-9-5-16(21-18)25-2/h3-5,8-9,12,15H,6-7,10-11,13H2,1-2H3. The quantitative estimate of drug-likeness (QED) is 0.825. The third-order valence-corrected chi connectivity index (χ3v) is 4.47. The SMILES string of the molecule is COc1ccnc(N2CCC(C(=O)N(C)Cc3cccnc3)CC2)n1. The van der Waals surface area contributed by atoms with Crippen LogP contribution in [-0.4, -0.2) is 53.0 Å². The van der Waals surface area contributed by atoms with E-state index in [0.29, 0.717) is 18.4 Å². The predicted molar refractivity (Wildman–Crippen MR) is 94.2 cm³/mol. The summed E-state index contributed by atoms with van der Waals surface area (Å²) in [6.45, 7) is 2.13. The molecule has 3 heterocycles. The van der Waals surface area contributed by atoms with Gasteiger partial charge in [-0.25, -0.2) is 4.98 Å². The van der Waals surface area contributed by atoms with Crippen molar-refractivity contribution in [1.29, 1.82) is 0 Å². The van der Waals surface area contributed by atoms with Crippen molar-refractivity contribution in [3.05, 3.63) is 42.4 Å². The van der Waals surface area contributed by atoms with Gasteiger partial charge in [-0.3, -0.25) is 9.78 Å². The molecule has 2 aromatic heterocycles. The number of anilines is 1. The number of piperidine rings is 1. The van der Waals surface area contributed by atoms with Gasteiger partial charge in [0.05, 0.1) is 7.11 Å². The van der Waals surface area contributed by atoms with Gasteiger partial charge in [0.25, 0.3) is 0 Å². The van der Waals surface area contributed by atoms with E-state index < -0.39 is 0 Å². The number of pyridine rings is 1. The number of methoxy groups -OCH3 is 1. The van der Waals surface area contributed by atoms with Crippen molar-refractivity contribution in [1.82, 2.24) is 19.9 Å². The maximum Gasteiger partial charge on any atom is 0.228 e. The molecule has 0 atom stereocenters. The van der Waals surface area contributed by atoms with Crippen molar-refractivity contribution < 1.29 is 9.53 Å². The summed E-state index contributed by atoms with van der Waals surface area (Å²) in [5.74, 6) is 1.45. The van der Waals surface area contributed by atoms with Crippen LogP contribution in [0.25, 0.3) is 0 Å². The highest BCUT2D eigenvalue weighted by Crippen LogP contribution is 2.23. The third kappa shape index (κ3) is 4.23. The molecule has 0 aromatic carbocycles. The zero-order valence-electron chi connectivity index (χ0n) is 14.6. The second kappa shape index (κ2) is 7.92. The maximum atomic E-state index is 12.7. The van der Waals surface area contributed by atoms with E-state index in [-0.39, 0.29) is 11.8 Å². The molecular formula is C18H23N5O2. The number of nitrogens with zero attached hydrogens (tertiary/aromatic N) is 5. The zero-order valence-corrected chi connectivity index (χ0v) is 14.6. The van der Waals surface area contributed by atoms with Gasteiger partial charge in [-0.1, -0.05) is 6.07 Å². The maximum absolute atomic E-state index is 12.7. The fraction of sp³-hybridized carbons (Fsp3) is 0.444. The van der Waals surface area contributed by atoms with Crippen LogP contribution in [0.15, 0.2) is 36.8 Å². The van der Waals surface area contributed by atoms with E-state index in [2.05, 4.69) is 19.9 Å². The van der Waals surface area contributed by atoms with Gasteiger partial charge in [-0.15, -0.1) is 0 Å². The van der Waals surface area contributed by atoms with Crippen LogP contribution in [0.4, 0.5) is 5.95 Å². The summed E-state index contributed by atoms with van der Waals surface area (Å²) >= 11 is 0. The number of carbonyl (C=O) groups excluding carboxylic acids is 1. The van der Waals surface area contributed by atoms with E-state index in [1.54, 1.807) is 36.7 Å². The second-order valence-corrected chi connectivity index (χ2v) is 6.22. The Balaban J connectivity index is 1.55. The molecule has 0 spiro atoms. The Kier molecular flexibility index (Phi) is 5.42. The summed E-state index contributed by atoms with van der Waals surface area (Å²) in [6.07, 6.45) is 6.84. The number of ether oxygens (including phenoxy) is 1. The van der Waals surface area contributed by atoms with E-state index in [0.717, 1.165) is 31.5 Å². The molecule has 1 fully saturated rings. The van der Waals surface area contributed by atoms with Gasteiger partial charge >= 0.3 is 0 Å². The first-order valence-corrected chi connectivity index (χ1v) is 8.43. The van der Waals surface area contributed by atoms with Gasteiger partial charge < -0.3 is 14.5 Å². The van der Waals surface area contributed by atoms with E-state index >= 15 is 0 Å². The minimum atomic E-state index is 0.0449. The van der Waals surface area contributed by atoms with Crippen LogP contribution >= 0.6 is 0 Å². The first-order valence-electron chi connectivity index (χ1n) is 8.43. The van der Waals surface area contributed by atoms with Gasteiger partial charge in [0.1, 0.15) is 0 Å². The van der Waals surface area contributed by atoms with Crippen LogP contribution in [0.2, 0.25) is 0 Å². The number of aromatic nitrogens is 3. The molecule has 0 unspecified atom stereocenters. The highest BCUT2D eigenvalue weighted by atomic mass is 16.5. The van der Waals surface area contributed by atoms with Gasteiger partial charge in [-0.05, 0) is 24.5 Å². The van der Waals surface area contributed by atoms with Crippen molar-refractivity contribution >= 4 is 11.9 Å². The summed E-state index contributed by atoms with van der Waals surface area (Å²) in [7, 11) is 3.45. The Morgan fingerprint density at radius 2 is 2.12 bits per heavy atom. The first kappa shape index (κ1) is 17.1. The Labute approximate surface area is 147 Å². The molecule has 2 aromatic rings. The summed E-state index contributed by atoms with van der Waals surface area (Å²) in [4.78, 5) is 29.3. The Hall–Kier alpha value is -2.70. The van der Waals surface area contributed by atoms with Crippen LogP contribution in [0.5, 0.6) is 5.88 Å². The molecule has 1 aliphatic heterocycles. The minimum absolute atomic E-state index is 0.0449. The van der Waals surface area contributed by atoms with Gasteiger partial charge in [0, 0.05) is 57.3 Å². The lowest BCUT2D eigenvalue weighted by molar-refractivity contribution is -0.135. The average Bonchev–Trinajstić information content (AvgIpc) is 2.68. The topological polar surface area (TPSA) is 71.5 Å². The first-order chi connectivity index (χ1) is 12.2. The highest BCUT2D eigenvalue weighted by Gasteiger charge is 2.28. The highest BCUT2D eigenvalue weighted by molar-refractivity contribution is 5.78. The average molecular weight is 341 g/mol. The number of hydrogen-bond acceptors (Lipinski definition) is 6. The van der Waals surface area contributed by atoms with Crippen LogP contribution in [0.1, 0.15) is 18.4 Å². The summed E-state index contributed by atoms with van der Waals surface area (Å²) < 4.78 is 5.15. The van der Waals surface area contributed by atoms with Crippen molar-refractivity contribution in [2.75, 3.05) is 32.1 Å². The molecule has 25 heavy (non-hydrogen) atoms. The lowest BCUT2D eigenvalue weighted by Gasteiger charge is -2.33. The van der Waals surface area contributed by atoms with Crippen molar-refractivity contribution in [2.45, 2.75) is 19.4 Å².